The SMILES string of the molecule is COc1ccc(N2C[C@@H](NC(=O)c3ccccc3F)CC2=O)cc1OC. The minimum atomic E-state index is -0.592. The van der Waals surface area contributed by atoms with Crippen LogP contribution in [0.4, 0.5) is 10.1 Å². The van der Waals surface area contributed by atoms with Gasteiger partial charge in [-0.25, -0.2) is 4.39 Å². The summed E-state index contributed by atoms with van der Waals surface area (Å²) < 4.78 is 24.2. The predicted octanol–water partition coefficient (Wildman–Crippen LogP) is 2.38. The number of nitrogens with zero attached hydrogens (tertiary/aromatic N) is 1. The number of rotatable bonds is 5. The van der Waals surface area contributed by atoms with Crippen molar-refractivity contribution >= 4 is 17.5 Å². The number of anilines is 1. The third-order valence-corrected chi connectivity index (χ3v) is 4.26. The van der Waals surface area contributed by atoms with Crippen LogP contribution in [0.2, 0.25) is 0 Å². The van der Waals surface area contributed by atoms with Crippen molar-refractivity contribution in [2.45, 2.75) is 12.5 Å². The van der Waals surface area contributed by atoms with Crippen molar-refractivity contribution in [1.29, 1.82) is 0 Å². The quantitative estimate of drug-likeness (QED) is 0.891. The van der Waals surface area contributed by atoms with Crippen molar-refractivity contribution in [3.63, 3.8) is 0 Å². The van der Waals surface area contributed by atoms with Gasteiger partial charge in [0.1, 0.15) is 5.82 Å². The number of hydrogen-bond acceptors (Lipinski definition) is 4. The molecule has 1 N–H and O–H groups in total. The molecule has 6 nitrogen and oxygen atoms in total. The molecule has 26 heavy (non-hydrogen) atoms. The van der Waals surface area contributed by atoms with Crippen molar-refractivity contribution in [3.8, 4) is 11.5 Å². The Morgan fingerprint density at radius 3 is 2.58 bits per heavy atom. The molecule has 0 aromatic heterocycles. The highest BCUT2D eigenvalue weighted by atomic mass is 19.1. The number of methoxy groups -OCH3 is 2. The molecular formula is C19H19FN2O4. The maximum atomic E-state index is 13.7. The maximum Gasteiger partial charge on any atom is 0.254 e. The first-order valence-corrected chi connectivity index (χ1v) is 8.11. The Morgan fingerprint density at radius 2 is 1.88 bits per heavy atom. The van der Waals surface area contributed by atoms with E-state index in [2.05, 4.69) is 5.32 Å². The molecule has 0 spiro atoms. The Morgan fingerprint density at radius 1 is 1.15 bits per heavy atom. The molecule has 1 aliphatic rings. The van der Waals surface area contributed by atoms with E-state index in [9.17, 15) is 14.0 Å². The number of halogens is 1. The van der Waals surface area contributed by atoms with Crippen LogP contribution in [0.1, 0.15) is 16.8 Å². The molecule has 1 fully saturated rings. The minimum Gasteiger partial charge on any atom is -0.493 e. The smallest absolute Gasteiger partial charge is 0.254 e. The fraction of sp³-hybridized carbons (Fsp3) is 0.263. The van der Waals surface area contributed by atoms with Crippen LogP contribution in [0.3, 0.4) is 0 Å². The van der Waals surface area contributed by atoms with Crippen molar-refractivity contribution in [2.75, 3.05) is 25.7 Å². The maximum absolute atomic E-state index is 13.7. The first-order valence-electron chi connectivity index (χ1n) is 8.11. The Hall–Kier alpha value is -3.09. The van der Waals surface area contributed by atoms with Crippen molar-refractivity contribution in [3.05, 3.63) is 53.8 Å². The van der Waals surface area contributed by atoms with E-state index in [1.807, 2.05) is 0 Å². The summed E-state index contributed by atoms with van der Waals surface area (Å²) in [5.74, 6) is -0.180. The zero-order valence-electron chi connectivity index (χ0n) is 14.5. The van der Waals surface area contributed by atoms with E-state index < -0.39 is 17.8 Å². The van der Waals surface area contributed by atoms with Gasteiger partial charge in [0.2, 0.25) is 5.91 Å². The van der Waals surface area contributed by atoms with Gasteiger partial charge in [-0.3, -0.25) is 9.59 Å². The molecule has 0 unspecified atom stereocenters. The van der Waals surface area contributed by atoms with Crippen LogP contribution in [0.5, 0.6) is 11.5 Å². The van der Waals surface area contributed by atoms with Crippen LogP contribution in [0.25, 0.3) is 0 Å². The molecule has 2 aromatic rings. The summed E-state index contributed by atoms with van der Waals surface area (Å²) in [6, 6.07) is 10.5. The molecule has 136 valence electrons. The zero-order chi connectivity index (χ0) is 18.7. The number of hydrogen-bond donors (Lipinski definition) is 1. The first kappa shape index (κ1) is 17.7. The molecule has 0 bridgehead atoms. The molecule has 0 radical (unpaired) electrons. The second-order valence-corrected chi connectivity index (χ2v) is 5.90. The molecule has 2 aromatic carbocycles. The van der Waals surface area contributed by atoms with Gasteiger partial charge in [0.05, 0.1) is 25.8 Å². The summed E-state index contributed by atoms with van der Waals surface area (Å²) >= 11 is 0. The van der Waals surface area contributed by atoms with Gasteiger partial charge in [-0.1, -0.05) is 12.1 Å². The molecule has 1 heterocycles. The van der Waals surface area contributed by atoms with Crippen molar-refractivity contribution in [1.82, 2.24) is 5.32 Å². The molecule has 0 aliphatic carbocycles. The van der Waals surface area contributed by atoms with Gasteiger partial charge >= 0.3 is 0 Å². The molecule has 0 saturated carbocycles. The Bertz CT molecular complexity index is 840. The zero-order valence-corrected chi connectivity index (χ0v) is 14.5. The molecule has 3 rings (SSSR count). The largest absolute Gasteiger partial charge is 0.493 e. The van der Waals surface area contributed by atoms with Crippen LogP contribution in [-0.2, 0) is 4.79 Å². The van der Waals surface area contributed by atoms with Crippen molar-refractivity contribution in [2.24, 2.45) is 0 Å². The monoisotopic (exact) mass is 358 g/mol. The lowest BCUT2D eigenvalue weighted by Gasteiger charge is -2.19. The van der Waals surface area contributed by atoms with E-state index >= 15 is 0 Å². The highest BCUT2D eigenvalue weighted by Crippen LogP contribution is 2.33. The topological polar surface area (TPSA) is 67.9 Å². The Balaban J connectivity index is 1.73. The fourth-order valence-corrected chi connectivity index (χ4v) is 2.96. The fourth-order valence-electron chi connectivity index (χ4n) is 2.96. The molecule has 2 amide bonds. The van der Waals surface area contributed by atoms with Crippen LogP contribution < -0.4 is 19.7 Å². The third-order valence-electron chi connectivity index (χ3n) is 4.26. The summed E-state index contributed by atoms with van der Waals surface area (Å²) in [6.45, 7) is 0.300. The Labute approximate surface area is 150 Å². The van der Waals surface area contributed by atoms with E-state index in [0.717, 1.165) is 0 Å². The Kier molecular flexibility index (Phi) is 5.06. The number of nitrogens with one attached hydrogen (secondary N) is 1. The van der Waals surface area contributed by atoms with Gasteiger partial charge in [0.25, 0.3) is 5.91 Å². The lowest BCUT2D eigenvalue weighted by molar-refractivity contribution is -0.117. The second-order valence-electron chi connectivity index (χ2n) is 5.90. The van der Waals surface area contributed by atoms with Crippen LogP contribution in [-0.4, -0.2) is 38.6 Å². The second kappa shape index (κ2) is 7.43. The van der Waals surface area contributed by atoms with Gasteiger partial charge in [0, 0.05) is 24.7 Å². The van der Waals surface area contributed by atoms with E-state index in [4.69, 9.17) is 9.47 Å². The third kappa shape index (κ3) is 3.46. The average molecular weight is 358 g/mol. The van der Waals surface area contributed by atoms with E-state index in [1.54, 1.807) is 29.2 Å². The standard InChI is InChI=1S/C19H19FN2O4/c1-25-16-8-7-13(10-17(16)26-2)22-11-12(9-18(22)23)21-19(24)14-5-3-4-6-15(14)20/h3-8,10,12H,9,11H2,1-2H3,(H,21,24)/t12-/m0/s1. The summed E-state index contributed by atoms with van der Waals surface area (Å²) in [6.07, 6.45) is 0.147. The van der Waals surface area contributed by atoms with Gasteiger partial charge in [-0.05, 0) is 24.3 Å². The van der Waals surface area contributed by atoms with Gasteiger partial charge in [-0.2, -0.15) is 0 Å². The summed E-state index contributed by atoms with van der Waals surface area (Å²) in [5, 5.41) is 2.72. The first-order chi connectivity index (χ1) is 12.5. The number of benzene rings is 2. The highest BCUT2D eigenvalue weighted by Gasteiger charge is 2.32. The normalized spacial score (nSPS) is 16.5. The molecule has 7 heteroatoms. The lowest BCUT2D eigenvalue weighted by Crippen LogP contribution is -2.37. The molecule has 1 saturated heterocycles. The van der Waals surface area contributed by atoms with Gasteiger partial charge in [0.15, 0.2) is 11.5 Å². The molecule has 1 aliphatic heterocycles. The van der Waals surface area contributed by atoms with Crippen LogP contribution in [0, 0.1) is 5.82 Å². The van der Waals surface area contributed by atoms with Gasteiger partial charge < -0.3 is 19.7 Å². The molecular weight excluding hydrogens is 339 g/mol. The highest BCUT2D eigenvalue weighted by molar-refractivity contribution is 5.99. The lowest BCUT2D eigenvalue weighted by atomic mass is 10.1. The predicted molar refractivity (Wildman–Crippen MR) is 94.2 cm³/mol. The number of ether oxygens (including phenoxy) is 2. The van der Waals surface area contributed by atoms with E-state index in [-0.39, 0.29) is 17.9 Å². The summed E-state index contributed by atoms with van der Waals surface area (Å²) in [7, 11) is 3.05. The minimum absolute atomic E-state index is 0.0375. The average Bonchev–Trinajstić information content (AvgIpc) is 3.01. The van der Waals surface area contributed by atoms with E-state index in [1.165, 1.54) is 32.4 Å². The summed E-state index contributed by atoms with van der Waals surface area (Å²) in [4.78, 5) is 26.2. The van der Waals surface area contributed by atoms with Crippen molar-refractivity contribution < 1.29 is 23.5 Å². The number of carbonyl (C=O) groups excluding carboxylic acids is 2. The number of amides is 2. The van der Waals surface area contributed by atoms with Gasteiger partial charge in [-0.15, -0.1) is 0 Å². The number of carbonyl (C=O) groups is 2. The van der Waals surface area contributed by atoms with Crippen LogP contribution >= 0.6 is 0 Å². The van der Waals surface area contributed by atoms with E-state index in [0.29, 0.717) is 23.7 Å². The summed E-state index contributed by atoms with van der Waals surface area (Å²) in [5.41, 5.74) is 0.611. The van der Waals surface area contributed by atoms with Crippen LogP contribution in [0.15, 0.2) is 42.5 Å². The molecule has 1 atom stereocenters.